The molecule has 0 aliphatic carbocycles. The average molecular weight is 265 g/mol. The highest BCUT2D eigenvalue weighted by Gasteiger charge is 2.43. The third kappa shape index (κ3) is 3.41. The Balaban J connectivity index is 0.00000180. The Morgan fingerprint density at radius 2 is 1.84 bits per heavy atom. The largest absolute Gasteiger partial charge is 0.346 e. The first kappa shape index (κ1) is 15.8. The molecule has 1 aromatic carbocycles. The smallest absolute Gasteiger partial charge is 0.241 e. The number of ketones is 1. The number of benzene rings is 1. The molecule has 0 aromatic heterocycles. The zero-order valence-electron chi connectivity index (χ0n) is 10.9. The number of likely N-dealkylation sites (tertiary alicyclic amines) is 1. The summed E-state index contributed by atoms with van der Waals surface area (Å²) in [6.45, 7) is 2.04. The van der Waals surface area contributed by atoms with Crippen molar-refractivity contribution in [3.63, 3.8) is 0 Å². The molecule has 1 aliphatic rings. The Morgan fingerprint density at radius 1 is 1.21 bits per heavy atom. The van der Waals surface area contributed by atoms with E-state index >= 15 is 0 Å². The highest BCUT2D eigenvalue weighted by Crippen LogP contribution is 2.23. The van der Waals surface area contributed by atoms with Crippen LogP contribution in [0.15, 0.2) is 30.3 Å². The van der Waals surface area contributed by atoms with Gasteiger partial charge in [-0.15, -0.1) is 0 Å². The van der Waals surface area contributed by atoms with Gasteiger partial charge in [0.1, 0.15) is 0 Å². The van der Waals surface area contributed by atoms with Gasteiger partial charge in [0.05, 0.1) is 6.54 Å². The summed E-state index contributed by atoms with van der Waals surface area (Å²) in [4.78, 5) is 14.1. The van der Waals surface area contributed by atoms with Crippen LogP contribution in [0.25, 0.3) is 0 Å². The van der Waals surface area contributed by atoms with E-state index in [0.29, 0.717) is 13.0 Å². The number of ether oxygens (including phenoxy) is 2. The average Bonchev–Trinajstić information content (AvgIpc) is 2.42. The molecule has 0 N–H and O–H groups in total. The number of methoxy groups -OCH3 is 2. The molecule has 0 spiro atoms. The Hall–Kier alpha value is -1.23. The van der Waals surface area contributed by atoms with E-state index in [1.54, 1.807) is 0 Å². The van der Waals surface area contributed by atoms with Crippen molar-refractivity contribution < 1.29 is 14.3 Å². The van der Waals surface area contributed by atoms with Crippen LogP contribution in [0.4, 0.5) is 0 Å². The fourth-order valence-corrected chi connectivity index (χ4v) is 2.33. The molecule has 2 rings (SSSR count). The maximum Gasteiger partial charge on any atom is 0.241 e. The normalized spacial score (nSPS) is 18.9. The van der Waals surface area contributed by atoms with Gasteiger partial charge in [-0.1, -0.05) is 37.8 Å². The summed E-state index contributed by atoms with van der Waals surface area (Å²) in [7, 11) is 3.04. The van der Waals surface area contributed by atoms with Crippen molar-refractivity contribution in [2.45, 2.75) is 26.2 Å². The molecular formula is C15H23NO3. The summed E-state index contributed by atoms with van der Waals surface area (Å²) in [5, 5.41) is 0. The Labute approximate surface area is 115 Å². The van der Waals surface area contributed by atoms with Crippen molar-refractivity contribution in [3.8, 4) is 0 Å². The van der Waals surface area contributed by atoms with Gasteiger partial charge in [-0.3, -0.25) is 9.69 Å². The summed E-state index contributed by atoms with van der Waals surface area (Å²) in [6.07, 6.45) is 0.467. The maximum absolute atomic E-state index is 11.9. The molecule has 19 heavy (non-hydrogen) atoms. The van der Waals surface area contributed by atoms with E-state index in [9.17, 15) is 4.79 Å². The molecule has 106 valence electrons. The Kier molecular flexibility index (Phi) is 5.66. The van der Waals surface area contributed by atoms with Gasteiger partial charge in [0.15, 0.2) is 5.78 Å². The van der Waals surface area contributed by atoms with Crippen molar-refractivity contribution in [2.75, 3.05) is 27.3 Å². The zero-order chi connectivity index (χ0) is 13.0. The molecule has 0 saturated carbocycles. The summed E-state index contributed by atoms with van der Waals surface area (Å²) >= 11 is 0. The molecule has 0 atom stereocenters. The van der Waals surface area contributed by atoms with Crippen LogP contribution in [0.2, 0.25) is 0 Å². The predicted octanol–water partition coefficient (Wildman–Crippen LogP) is 2.09. The fourth-order valence-electron chi connectivity index (χ4n) is 2.33. The Morgan fingerprint density at radius 3 is 2.42 bits per heavy atom. The summed E-state index contributed by atoms with van der Waals surface area (Å²) in [5.74, 6) is -1.07. The van der Waals surface area contributed by atoms with Gasteiger partial charge in [-0.25, -0.2) is 0 Å². The number of nitrogens with zero attached hydrogens (tertiary/aromatic N) is 1. The van der Waals surface area contributed by atoms with E-state index in [2.05, 4.69) is 17.0 Å². The lowest BCUT2D eigenvalue weighted by atomic mass is 10.0. The van der Waals surface area contributed by atoms with Crippen LogP contribution >= 0.6 is 0 Å². The molecule has 1 aromatic rings. The minimum atomic E-state index is -1.09. The first-order valence-corrected chi connectivity index (χ1v) is 6.10. The van der Waals surface area contributed by atoms with Gasteiger partial charge < -0.3 is 9.47 Å². The number of carbonyl (C=O) groups excluding carboxylic acids is 1. The molecule has 1 heterocycles. The summed E-state index contributed by atoms with van der Waals surface area (Å²) in [6, 6.07) is 10.2. The predicted molar refractivity (Wildman–Crippen MR) is 74.8 cm³/mol. The lowest BCUT2D eigenvalue weighted by Gasteiger charge is -2.39. The summed E-state index contributed by atoms with van der Waals surface area (Å²) < 4.78 is 10.6. The Bertz CT molecular complexity index is 401. The van der Waals surface area contributed by atoms with Gasteiger partial charge in [-0.05, 0) is 5.56 Å². The monoisotopic (exact) mass is 265 g/mol. The van der Waals surface area contributed by atoms with Gasteiger partial charge in [-0.2, -0.15) is 0 Å². The number of piperidine rings is 1. The summed E-state index contributed by atoms with van der Waals surface area (Å²) in [5.41, 5.74) is 1.23. The van der Waals surface area contributed by atoms with Gasteiger partial charge >= 0.3 is 0 Å². The third-order valence-electron chi connectivity index (χ3n) is 3.42. The number of hydrogen-bond acceptors (Lipinski definition) is 4. The highest BCUT2D eigenvalue weighted by atomic mass is 16.7. The molecule has 0 bridgehead atoms. The van der Waals surface area contributed by atoms with Crippen LogP contribution in [0.5, 0.6) is 0 Å². The van der Waals surface area contributed by atoms with Crippen LogP contribution in [0, 0.1) is 0 Å². The van der Waals surface area contributed by atoms with Crippen molar-refractivity contribution >= 4 is 5.78 Å². The topological polar surface area (TPSA) is 38.8 Å². The SMILES string of the molecule is C.COC1(OC)CN(Cc2ccccc2)CCC1=O. The third-order valence-corrected chi connectivity index (χ3v) is 3.42. The van der Waals surface area contributed by atoms with Crippen molar-refractivity contribution in [1.29, 1.82) is 0 Å². The molecule has 1 fully saturated rings. The first-order chi connectivity index (χ1) is 8.70. The second-order valence-corrected chi connectivity index (χ2v) is 4.53. The standard InChI is InChI=1S/C14H19NO3.CH4/c1-17-14(18-2)11-15(9-8-13(14)16)10-12-6-4-3-5-7-12;/h3-7H,8-11H2,1-2H3;1H4. The fraction of sp³-hybridized carbons (Fsp3) is 0.533. The highest BCUT2D eigenvalue weighted by molar-refractivity contribution is 5.87. The van der Waals surface area contributed by atoms with Crippen LogP contribution in [0.1, 0.15) is 19.4 Å². The minimum absolute atomic E-state index is 0. The van der Waals surface area contributed by atoms with E-state index in [1.165, 1.54) is 19.8 Å². The first-order valence-electron chi connectivity index (χ1n) is 6.10. The number of Topliss-reactive ketones (excluding diaryl/α,β-unsaturated/α-hetero) is 1. The van der Waals surface area contributed by atoms with Crippen LogP contribution in [-0.4, -0.2) is 43.8 Å². The van der Waals surface area contributed by atoms with Crippen LogP contribution < -0.4 is 0 Å². The second kappa shape index (κ2) is 6.80. The van der Waals surface area contributed by atoms with Crippen molar-refractivity contribution in [3.05, 3.63) is 35.9 Å². The maximum atomic E-state index is 11.9. The van der Waals surface area contributed by atoms with E-state index in [0.717, 1.165) is 13.1 Å². The second-order valence-electron chi connectivity index (χ2n) is 4.53. The zero-order valence-corrected chi connectivity index (χ0v) is 10.9. The molecule has 0 unspecified atom stereocenters. The van der Waals surface area contributed by atoms with Crippen molar-refractivity contribution in [2.24, 2.45) is 0 Å². The molecule has 0 radical (unpaired) electrons. The lowest BCUT2D eigenvalue weighted by Crippen LogP contribution is -2.56. The molecule has 4 heteroatoms. The van der Waals surface area contributed by atoms with E-state index in [-0.39, 0.29) is 13.2 Å². The number of rotatable bonds is 4. The van der Waals surface area contributed by atoms with Gasteiger partial charge in [0.25, 0.3) is 0 Å². The molecule has 1 aliphatic heterocycles. The quantitative estimate of drug-likeness (QED) is 0.781. The van der Waals surface area contributed by atoms with Crippen LogP contribution in [-0.2, 0) is 20.8 Å². The van der Waals surface area contributed by atoms with E-state index in [4.69, 9.17) is 9.47 Å². The molecular weight excluding hydrogens is 242 g/mol. The van der Waals surface area contributed by atoms with Crippen LogP contribution in [0.3, 0.4) is 0 Å². The van der Waals surface area contributed by atoms with Crippen molar-refractivity contribution in [1.82, 2.24) is 4.90 Å². The van der Waals surface area contributed by atoms with Gasteiger partial charge in [0, 0.05) is 33.7 Å². The minimum Gasteiger partial charge on any atom is -0.346 e. The molecule has 4 nitrogen and oxygen atoms in total. The molecule has 1 saturated heterocycles. The number of hydrogen-bond donors (Lipinski definition) is 0. The van der Waals surface area contributed by atoms with E-state index in [1.807, 2.05) is 18.2 Å². The van der Waals surface area contributed by atoms with E-state index < -0.39 is 5.79 Å². The van der Waals surface area contributed by atoms with Gasteiger partial charge in [0.2, 0.25) is 5.79 Å². The lowest BCUT2D eigenvalue weighted by molar-refractivity contribution is -0.221. The number of carbonyl (C=O) groups is 1. The molecule has 0 amide bonds.